The lowest BCUT2D eigenvalue weighted by atomic mass is 9.78. The van der Waals surface area contributed by atoms with Gasteiger partial charge in [0.05, 0.1) is 12.4 Å². The van der Waals surface area contributed by atoms with Crippen LogP contribution in [0.3, 0.4) is 0 Å². The average Bonchev–Trinajstić information content (AvgIpc) is 3.33. The summed E-state index contributed by atoms with van der Waals surface area (Å²) in [7, 11) is 0. The number of rotatable bonds is 0. The highest BCUT2D eigenvalue weighted by Crippen LogP contribution is 2.38. The monoisotopic (exact) mass is 339 g/mol. The minimum Gasteiger partial charge on any atom is -0.262 e. The van der Waals surface area contributed by atoms with E-state index in [9.17, 15) is 0 Å². The molecule has 6 rings (SSSR count). The first-order valence-corrected chi connectivity index (χ1v) is 9.47. The van der Waals surface area contributed by atoms with Crippen molar-refractivity contribution in [1.82, 2.24) is 0 Å². The van der Waals surface area contributed by atoms with Gasteiger partial charge in [-0.25, -0.2) is 0 Å². The van der Waals surface area contributed by atoms with Crippen LogP contribution in [-0.4, -0.2) is 6.21 Å². The van der Waals surface area contributed by atoms with Crippen molar-refractivity contribution in [2.45, 2.75) is 38.5 Å². The van der Waals surface area contributed by atoms with Gasteiger partial charge in [-0.15, -0.1) is 5.11 Å². The molecule has 0 bridgehead atoms. The van der Waals surface area contributed by atoms with E-state index in [2.05, 4.69) is 51.6 Å². The molecule has 2 heterocycles. The third kappa shape index (κ3) is 2.64. The molecule has 2 aromatic carbocycles. The van der Waals surface area contributed by atoms with Crippen LogP contribution < -0.4 is 0 Å². The Morgan fingerprint density at radius 1 is 0.692 bits per heavy atom. The van der Waals surface area contributed by atoms with Crippen molar-refractivity contribution in [1.29, 1.82) is 0 Å². The van der Waals surface area contributed by atoms with Gasteiger partial charge in [-0.05, 0) is 71.9 Å². The van der Waals surface area contributed by atoms with Gasteiger partial charge >= 0.3 is 0 Å². The van der Waals surface area contributed by atoms with Crippen LogP contribution in [0.5, 0.6) is 0 Å². The lowest BCUT2D eigenvalue weighted by Gasteiger charge is -2.26. The van der Waals surface area contributed by atoms with E-state index in [1.807, 2.05) is 0 Å². The van der Waals surface area contributed by atoms with Gasteiger partial charge in [-0.1, -0.05) is 36.4 Å². The zero-order valence-corrected chi connectivity index (χ0v) is 14.8. The van der Waals surface area contributed by atoms with Crippen molar-refractivity contribution in [3.05, 3.63) is 82.3 Å². The predicted octanol–water partition coefficient (Wildman–Crippen LogP) is 5.59. The molecule has 0 radical (unpaired) electrons. The van der Waals surface area contributed by atoms with E-state index in [4.69, 9.17) is 0 Å². The summed E-state index contributed by atoms with van der Waals surface area (Å²) in [5.41, 5.74) is 11.4. The summed E-state index contributed by atoms with van der Waals surface area (Å²) in [5.74, 6) is 0. The molecule has 0 saturated heterocycles. The number of aliphatic imine (C=N–C) groups is 1. The van der Waals surface area contributed by atoms with E-state index in [0.717, 1.165) is 11.3 Å². The number of allylic oxidation sites excluding steroid dienone is 1. The molecule has 0 atom stereocenters. The smallest absolute Gasteiger partial charge is 0.114 e. The molecule has 26 heavy (non-hydrogen) atoms. The predicted molar refractivity (Wildman–Crippen MR) is 105 cm³/mol. The summed E-state index contributed by atoms with van der Waals surface area (Å²) in [6, 6.07) is 13.7. The maximum Gasteiger partial charge on any atom is 0.114 e. The first-order valence-electron chi connectivity index (χ1n) is 9.47. The Morgan fingerprint density at radius 2 is 1.62 bits per heavy atom. The molecule has 0 fully saturated rings. The molecule has 0 unspecified atom stereocenters. The number of aryl methyl sites for hydroxylation is 2. The van der Waals surface area contributed by atoms with Crippen molar-refractivity contribution in [2.75, 3.05) is 0 Å². The normalized spacial score (nSPS) is 18.0. The Morgan fingerprint density at radius 3 is 2.58 bits per heavy atom. The minimum absolute atomic E-state index is 0.880. The summed E-state index contributed by atoms with van der Waals surface area (Å²) in [6.45, 7) is 0. The average molecular weight is 339 g/mol. The second kappa shape index (κ2) is 6.49. The Kier molecular flexibility index (Phi) is 3.85. The number of hydrogen-bond donors (Lipinski definition) is 0. The van der Waals surface area contributed by atoms with Crippen LogP contribution in [-0.2, 0) is 25.7 Å². The van der Waals surface area contributed by atoms with Crippen LogP contribution in [0.15, 0.2) is 75.3 Å². The first-order chi connectivity index (χ1) is 12.9. The molecule has 3 heteroatoms. The SMILES string of the molecule is C1=NC=C2N=NC=C12.c1ccc2c(c1)CCc1c-2ccc2c1CCCC2. The Bertz CT molecular complexity index is 967. The molecular formula is C23H21N3. The minimum atomic E-state index is 0.880. The van der Waals surface area contributed by atoms with E-state index in [1.165, 1.54) is 55.2 Å². The van der Waals surface area contributed by atoms with E-state index in [-0.39, 0.29) is 0 Å². The zero-order chi connectivity index (χ0) is 17.3. The van der Waals surface area contributed by atoms with Gasteiger partial charge in [0, 0.05) is 11.8 Å². The van der Waals surface area contributed by atoms with E-state index in [0.29, 0.717) is 0 Å². The third-order valence-electron chi connectivity index (χ3n) is 5.67. The standard InChI is InChI=1S/C18H18.C5H3N3/c1-3-7-15-13(5-1)9-11-18-16-8-4-2-6-14(16)10-12-17(15)18;1-4-2-7-8-5(4)3-6-1/h1,3,5,7,10,12H,2,4,6,8-9,11H2;1-3H. The van der Waals surface area contributed by atoms with Crippen LogP contribution in [0.4, 0.5) is 0 Å². The summed E-state index contributed by atoms with van der Waals surface area (Å²) in [6.07, 6.45) is 13.0. The Hall–Kier alpha value is -2.81. The highest BCUT2D eigenvalue weighted by Gasteiger charge is 2.21. The third-order valence-corrected chi connectivity index (χ3v) is 5.67. The topological polar surface area (TPSA) is 37.1 Å². The molecule has 2 aliphatic heterocycles. The van der Waals surface area contributed by atoms with Gasteiger partial charge in [0.25, 0.3) is 0 Å². The second-order valence-corrected chi connectivity index (χ2v) is 7.19. The molecule has 4 aliphatic rings. The molecule has 128 valence electrons. The lowest BCUT2D eigenvalue weighted by molar-refractivity contribution is 0.676. The zero-order valence-electron chi connectivity index (χ0n) is 14.8. The number of fused-ring (bicyclic) bond motifs is 6. The summed E-state index contributed by atoms with van der Waals surface area (Å²) in [4.78, 5) is 3.86. The van der Waals surface area contributed by atoms with Crippen molar-refractivity contribution in [2.24, 2.45) is 15.2 Å². The highest BCUT2D eigenvalue weighted by atomic mass is 15.1. The molecule has 0 N–H and O–H groups in total. The number of azo groups is 1. The van der Waals surface area contributed by atoms with Crippen LogP contribution in [0.2, 0.25) is 0 Å². The van der Waals surface area contributed by atoms with Gasteiger partial charge < -0.3 is 0 Å². The number of nitrogens with zero attached hydrogens (tertiary/aromatic N) is 3. The van der Waals surface area contributed by atoms with Gasteiger partial charge in [0.15, 0.2) is 0 Å². The molecule has 0 aromatic heterocycles. The first kappa shape index (κ1) is 15.4. The van der Waals surface area contributed by atoms with Gasteiger partial charge in [-0.3, -0.25) is 4.99 Å². The van der Waals surface area contributed by atoms with Gasteiger partial charge in [0.1, 0.15) is 5.70 Å². The van der Waals surface area contributed by atoms with Crippen molar-refractivity contribution < 1.29 is 0 Å². The van der Waals surface area contributed by atoms with E-state index in [1.54, 1.807) is 35.3 Å². The molecule has 3 nitrogen and oxygen atoms in total. The highest BCUT2D eigenvalue weighted by molar-refractivity contribution is 5.88. The molecular weight excluding hydrogens is 318 g/mol. The van der Waals surface area contributed by atoms with Crippen LogP contribution in [0, 0.1) is 0 Å². The summed E-state index contributed by atoms with van der Waals surface area (Å²) >= 11 is 0. The van der Waals surface area contributed by atoms with Crippen molar-refractivity contribution >= 4 is 6.21 Å². The number of hydrogen-bond acceptors (Lipinski definition) is 3. The van der Waals surface area contributed by atoms with Crippen LogP contribution in [0.25, 0.3) is 11.1 Å². The Balaban J connectivity index is 0.000000156. The fraction of sp³-hybridized carbons (Fsp3) is 0.261. The second-order valence-electron chi connectivity index (χ2n) is 7.19. The van der Waals surface area contributed by atoms with Crippen molar-refractivity contribution in [3.63, 3.8) is 0 Å². The van der Waals surface area contributed by atoms with Crippen LogP contribution in [0.1, 0.15) is 35.1 Å². The summed E-state index contributed by atoms with van der Waals surface area (Å²) in [5, 5.41) is 7.44. The maximum atomic E-state index is 3.86. The fourth-order valence-corrected chi connectivity index (χ4v) is 4.37. The largest absolute Gasteiger partial charge is 0.262 e. The lowest BCUT2D eigenvalue weighted by Crippen LogP contribution is -2.12. The van der Waals surface area contributed by atoms with Gasteiger partial charge in [0.2, 0.25) is 0 Å². The molecule has 2 aromatic rings. The molecule has 0 amide bonds. The number of benzene rings is 2. The summed E-state index contributed by atoms with van der Waals surface area (Å²) < 4.78 is 0. The molecule has 0 saturated carbocycles. The van der Waals surface area contributed by atoms with E-state index < -0.39 is 0 Å². The van der Waals surface area contributed by atoms with Gasteiger partial charge in [-0.2, -0.15) is 5.11 Å². The Labute approximate surface area is 153 Å². The fourth-order valence-electron chi connectivity index (χ4n) is 4.37. The van der Waals surface area contributed by atoms with E-state index >= 15 is 0 Å². The van der Waals surface area contributed by atoms with Crippen molar-refractivity contribution in [3.8, 4) is 11.1 Å². The molecule has 2 aliphatic carbocycles. The quantitative estimate of drug-likeness (QED) is 0.600. The maximum absolute atomic E-state index is 3.86. The van der Waals surface area contributed by atoms with Crippen LogP contribution >= 0.6 is 0 Å². The molecule has 0 spiro atoms.